The molecule has 1 heterocycles. The molecule has 0 aromatic carbocycles. The first-order valence-corrected chi connectivity index (χ1v) is 4.36. The van der Waals surface area contributed by atoms with Crippen LogP contribution in [0.25, 0.3) is 0 Å². The summed E-state index contributed by atoms with van der Waals surface area (Å²) in [5.74, 6) is -0.156. The van der Waals surface area contributed by atoms with E-state index in [9.17, 15) is 18.0 Å². The van der Waals surface area contributed by atoms with Crippen molar-refractivity contribution < 1.29 is 13.2 Å². The maximum absolute atomic E-state index is 12.2. The third kappa shape index (κ3) is 3.26. The lowest BCUT2D eigenvalue weighted by molar-refractivity contribution is -0.141. The molecule has 0 radical (unpaired) electrons. The van der Waals surface area contributed by atoms with E-state index in [-0.39, 0.29) is 5.95 Å². The molecule has 0 saturated heterocycles. The van der Waals surface area contributed by atoms with Crippen molar-refractivity contribution in [1.29, 1.82) is 0 Å². The molecule has 0 saturated carbocycles. The van der Waals surface area contributed by atoms with Gasteiger partial charge in [0.05, 0.1) is 0 Å². The highest BCUT2D eigenvalue weighted by Crippen LogP contribution is 2.26. The third-order valence-electron chi connectivity index (χ3n) is 1.57. The lowest BCUT2D eigenvalue weighted by atomic mass is 10.4. The number of hydrogen-bond acceptors (Lipinski definition) is 3. The van der Waals surface area contributed by atoms with Crippen LogP contribution in [0.2, 0.25) is 0 Å². The monoisotopic (exact) mass is 221 g/mol. The number of hydrogen-bond donors (Lipinski definition) is 2. The summed E-state index contributed by atoms with van der Waals surface area (Å²) in [5.41, 5.74) is -2.01. The lowest BCUT2D eigenvalue weighted by Crippen LogP contribution is -2.19. The normalized spacial score (nSPS) is 11.5. The van der Waals surface area contributed by atoms with Crippen LogP contribution in [0.4, 0.5) is 19.1 Å². The van der Waals surface area contributed by atoms with Crippen LogP contribution in [0.3, 0.4) is 0 Å². The van der Waals surface area contributed by atoms with Gasteiger partial charge < -0.3 is 5.32 Å². The van der Waals surface area contributed by atoms with E-state index < -0.39 is 17.4 Å². The predicted molar refractivity (Wildman–Crippen MR) is 48.6 cm³/mol. The minimum absolute atomic E-state index is 0.156. The standard InChI is InChI=1S/C8H10F3N3O/c1-2-3-12-7-13-5(8(9,10)11)4-6(15)14-7/h4H,2-3H2,1H3,(H2,12,13,14,15). The van der Waals surface area contributed by atoms with Gasteiger partial charge in [-0.1, -0.05) is 6.92 Å². The zero-order valence-electron chi connectivity index (χ0n) is 7.98. The molecule has 0 aliphatic heterocycles. The Morgan fingerprint density at radius 3 is 2.73 bits per heavy atom. The molecule has 4 nitrogen and oxygen atoms in total. The molecule has 2 N–H and O–H groups in total. The summed E-state index contributed by atoms with van der Waals surface area (Å²) in [5, 5.41) is 2.58. The van der Waals surface area contributed by atoms with Crippen LogP contribution in [-0.4, -0.2) is 16.5 Å². The van der Waals surface area contributed by atoms with Crippen molar-refractivity contribution in [2.45, 2.75) is 19.5 Å². The average molecular weight is 221 g/mol. The van der Waals surface area contributed by atoms with Gasteiger partial charge in [-0.3, -0.25) is 9.78 Å². The van der Waals surface area contributed by atoms with Gasteiger partial charge in [-0.05, 0) is 6.42 Å². The fraction of sp³-hybridized carbons (Fsp3) is 0.500. The number of halogens is 3. The Kier molecular flexibility index (Phi) is 3.33. The first-order valence-electron chi connectivity index (χ1n) is 4.36. The van der Waals surface area contributed by atoms with Crippen LogP contribution in [0, 0.1) is 0 Å². The Morgan fingerprint density at radius 1 is 1.53 bits per heavy atom. The van der Waals surface area contributed by atoms with Gasteiger partial charge >= 0.3 is 6.18 Å². The van der Waals surface area contributed by atoms with Crippen molar-refractivity contribution in [3.63, 3.8) is 0 Å². The van der Waals surface area contributed by atoms with Gasteiger partial charge in [-0.2, -0.15) is 13.2 Å². The van der Waals surface area contributed by atoms with Crippen LogP contribution in [0.1, 0.15) is 19.0 Å². The maximum Gasteiger partial charge on any atom is 0.433 e. The van der Waals surface area contributed by atoms with Gasteiger partial charge in [0.2, 0.25) is 5.95 Å². The number of aromatic amines is 1. The maximum atomic E-state index is 12.2. The second kappa shape index (κ2) is 4.33. The number of H-pyrrole nitrogens is 1. The van der Waals surface area contributed by atoms with E-state index in [4.69, 9.17) is 0 Å². The number of nitrogens with one attached hydrogen (secondary N) is 2. The van der Waals surface area contributed by atoms with Crippen molar-refractivity contribution in [2.24, 2.45) is 0 Å². The largest absolute Gasteiger partial charge is 0.433 e. The Morgan fingerprint density at radius 2 is 2.20 bits per heavy atom. The zero-order chi connectivity index (χ0) is 11.5. The molecule has 0 aliphatic rings. The third-order valence-corrected chi connectivity index (χ3v) is 1.57. The minimum Gasteiger partial charge on any atom is -0.356 e. The number of nitrogens with zero attached hydrogens (tertiary/aromatic N) is 1. The van der Waals surface area contributed by atoms with Crippen molar-refractivity contribution in [3.05, 3.63) is 22.1 Å². The van der Waals surface area contributed by atoms with Crippen LogP contribution in [0.15, 0.2) is 10.9 Å². The molecule has 0 amide bonds. The summed E-state index contributed by atoms with van der Waals surface area (Å²) < 4.78 is 36.7. The van der Waals surface area contributed by atoms with E-state index in [2.05, 4.69) is 15.3 Å². The van der Waals surface area contributed by atoms with Gasteiger partial charge in [-0.25, -0.2) is 4.98 Å². The molecular formula is C8H10F3N3O. The Bertz CT molecular complexity index is 385. The predicted octanol–water partition coefficient (Wildman–Crippen LogP) is 1.61. The van der Waals surface area contributed by atoms with Crippen LogP contribution in [0.5, 0.6) is 0 Å². The SMILES string of the molecule is CCCNc1nc(C(F)(F)F)cc(=O)[nH]1. The number of rotatable bonds is 3. The zero-order valence-corrected chi connectivity index (χ0v) is 7.98. The van der Waals surface area contributed by atoms with E-state index in [1.807, 2.05) is 6.92 Å². The van der Waals surface area contributed by atoms with E-state index in [0.29, 0.717) is 12.6 Å². The molecule has 0 atom stereocenters. The summed E-state index contributed by atoms with van der Waals surface area (Å²) >= 11 is 0. The fourth-order valence-corrected chi connectivity index (χ4v) is 0.930. The summed E-state index contributed by atoms with van der Waals surface area (Å²) in [6, 6.07) is 0.428. The van der Waals surface area contributed by atoms with E-state index in [0.717, 1.165) is 6.42 Å². The van der Waals surface area contributed by atoms with Gasteiger partial charge in [0, 0.05) is 12.6 Å². The van der Waals surface area contributed by atoms with Crippen LogP contribution in [-0.2, 0) is 6.18 Å². The number of anilines is 1. The van der Waals surface area contributed by atoms with Gasteiger partial charge in [0.25, 0.3) is 5.56 Å². The van der Waals surface area contributed by atoms with Gasteiger partial charge in [0.15, 0.2) is 5.69 Å². The first-order chi connectivity index (χ1) is 6.93. The Labute approximate surface area is 83.5 Å². The second-order valence-electron chi connectivity index (χ2n) is 2.90. The molecule has 0 spiro atoms. The Balaban J connectivity index is 3.01. The minimum atomic E-state index is -4.60. The molecule has 0 unspecified atom stereocenters. The Hall–Kier alpha value is -1.53. The van der Waals surface area contributed by atoms with E-state index >= 15 is 0 Å². The van der Waals surface area contributed by atoms with Crippen molar-refractivity contribution in [2.75, 3.05) is 11.9 Å². The van der Waals surface area contributed by atoms with Crippen molar-refractivity contribution in [3.8, 4) is 0 Å². The number of aromatic nitrogens is 2. The highest BCUT2D eigenvalue weighted by molar-refractivity contribution is 5.25. The summed E-state index contributed by atoms with van der Waals surface area (Å²) in [4.78, 5) is 16.3. The molecular weight excluding hydrogens is 211 g/mol. The quantitative estimate of drug-likeness (QED) is 0.815. The molecule has 7 heteroatoms. The highest BCUT2D eigenvalue weighted by atomic mass is 19.4. The summed E-state index contributed by atoms with van der Waals surface area (Å²) in [7, 11) is 0. The highest BCUT2D eigenvalue weighted by Gasteiger charge is 2.33. The molecule has 0 fully saturated rings. The van der Waals surface area contributed by atoms with Gasteiger partial charge in [0.1, 0.15) is 0 Å². The van der Waals surface area contributed by atoms with Gasteiger partial charge in [-0.15, -0.1) is 0 Å². The smallest absolute Gasteiger partial charge is 0.356 e. The number of alkyl halides is 3. The molecule has 84 valence electrons. The topological polar surface area (TPSA) is 57.8 Å². The summed E-state index contributed by atoms with van der Waals surface area (Å²) in [6.07, 6.45) is -3.88. The lowest BCUT2D eigenvalue weighted by Gasteiger charge is -2.07. The fourth-order valence-electron chi connectivity index (χ4n) is 0.930. The molecule has 1 aromatic rings. The van der Waals surface area contributed by atoms with Crippen LogP contribution < -0.4 is 10.9 Å². The molecule has 15 heavy (non-hydrogen) atoms. The van der Waals surface area contributed by atoms with Crippen LogP contribution >= 0.6 is 0 Å². The second-order valence-corrected chi connectivity index (χ2v) is 2.90. The van der Waals surface area contributed by atoms with Crippen molar-refractivity contribution in [1.82, 2.24) is 9.97 Å². The molecule has 0 bridgehead atoms. The summed E-state index contributed by atoms with van der Waals surface area (Å²) in [6.45, 7) is 2.29. The van der Waals surface area contributed by atoms with E-state index in [1.165, 1.54) is 0 Å². The average Bonchev–Trinajstić information content (AvgIpc) is 2.12. The molecule has 0 aliphatic carbocycles. The van der Waals surface area contributed by atoms with E-state index in [1.54, 1.807) is 0 Å². The molecule has 1 aromatic heterocycles. The molecule has 1 rings (SSSR count). The first kappa shape index (κ1) is 11.5. The van der Waals surface area contributed by atoms with Crippen molar-refractivity contribution >= 4 is 5.95 Å².